The molecule has 1 saturated heterocycles. The van der Waals surface area contributed by atoms with Gasteiger partial charge in [0.1, 0.15) is 4.90 Å². The monoisotopic (exact) mass is 425 g/mol. The first-order chi connectivity index (χ1) is 14.3. The van der Waals surface area contributed by atoms with Crippen LogP contribution in [0.3, 0.4) is 0 Å². The number of amides is 1. The molecule has 1 unspecified atom stereocenters. The van der Waals surface area contributed by atoms with E-state index >= 15 is 0 Å². The Balaban J connectivity index is 1.55. The Morgan fingerprint density at radius 3 is 2.70 bits per heavy atom. The van der Waals surface area contributed by atoms with E-state index < -0.39 is 10.0 Å². The third kappa shape index (κ3) is 3.74. The molecule has 6 nitrogen and oxygen atoms in total. The summed E-state index contributed by atoms with van der Waals surface area (Å²) in [5, 5.41) is 0. The Bertz CT molecular complexity index is 1110. The molecular weight excluding hydrogens is 398 g/mol. The molecule has 1 fully saturated rings. The summed E-state index contributed by atoms with van der Waals surface area (Å²) in [6, 6.07) is 15.0. The number of hydrogen-bond donors (Lipinski definition) is 0. The Morgan fingerprint density at radius 2 is 1.93 bits per heavy atom. The summed E-state index contributed by atoms with van der Waals surface area (Å²) < 4.78 is 28.9. The van der Waals surface area contributed by atoms with E-state index in [1.165, 1.54) is 5.56 Å². The van der Waals surface area contributed by atoms with Crippen molar-refractivity contribution < 1.29 is 13.2 Å². The molecule has 0 N–H and O–H groups in total. The van der Waals surface area contributed by atoms with E-state index in [-0.39, 0.29) is 16.7 Å². The van der Waals surface area contributed by atoms with Crippen molar-refractivity contribution in [2.75, 3.05) is 25.0 Å². The maximum atomic E-state index is 13.3. The van der Waals surface area contributed by atoms with Crippen LogP contribution in [0.2, 0.25) is 0 Å². The van der Waals surface area contributed by atoms with Crippen LogP contribution in [0.1, 0.15) is 43.7 Å². The average molecular weight is 426 g/mol. The number of amidine groups is 1. The molecule has 2 aliphatic heterocycles. The average Bonchev–Trinajstić information content (AvgIpc) is 3.04. The van der Waals surface area contributed by atoms with Crippen LogP contribution in [-0.4, -0.2) is 45.2 Å². The minimum atomic E-state index is -3.66. The van der Waals surface area contributed by atoms with Gasteiger partial charge in [-0.15, -0.1) is 4.40 Å². The molecule has 4 rings (SSSR count). The summed E-state index contributed by atoms with van der Waals surface area (Å²) in [7, 11) is -1.85. The summed E-state index contributed by atoms with van der Waals surface area (Å²) in [5.41, 5.74) is 2.71. The largest absolute Gasteiger partial charge is 0.355 e. The summed E-state index contributed by atoms with van der Waals surface area (Å²) in [6.07, 6.45) is 1.60. The van der Waals surface area contributed by atoms with Gasteiger partial charge in [-0.3, -0.25) is 4.79 Å². The number of anilines is 1. The predicted octanol–water partition coefficient (Wildman–Crippen LogP) is 3.63. The molecule has 2 aromatic rings. The molecule has 1 atom stereocenters. The van der Waals surface area contributed by atoms with E-state index in [1.807, 2.05) is 30.1 Å². The smallest absolute Gasteiger partial charge is 0.285 e. The molecule has 7 heteroatoms. The molecule has 1 amide bonds. The second-order valence-electron chi connectivity index (χ2n) is 8.32. The standard InChI is InChI=1S/C23H27N3O3S/c1-16(2)17-8-6-10-19(14-17)25(3)23(27)18-9-7-13-26(15-18)22-20-11-4-5-12-21(20)30(28,29)24-22/h4-6,8,10-12,14,16,18H,7,9,13,15H2,1-3H3. The number of nitrogens with zero attached hydrogens (tertiary/aromatic N) is 3. The second kappa shape index (κ2) is 7.87. The van der Waals surface area contributed by atoms with Crippen molar-refractivity contribution in [3.63, 3.8) is 0 Å². The van der Waals surface area contributed by atoms with Gasteiger partial charge in [0.25, 0.3) is 10.0 Å². The number of piperidine rings is 1. The van der Waals surface area contributed by atoms with Crippen molar-refractivity contribution in [2.24, 2.45) is 10.3 Å². The van der Waals surface area contributed by atoms with Crippen LogP contribution in [0.4, 0.5) is 5.69 Å². The molecule has 2 aromatic carbocycles. The molecule has 0 aliphatic carbocycles. The number of fused-ring (bicyclic) bond motifs is 1. The number of benzene rings is 2. The van der Waals surface area contributed by atoms with Crippen molar-refractivity contribution in [3.8, 4) is 0 Å². The summed E-state index contributed by atoms with van der Waals surface area (Å²) >= 11 is 0. The van der Waals surface area contributed by atoms with Crippen molar-refractivity contribution in [2.45, 2.75) is 37.5 Å². The van der Waals surface area contributed by atoms with Gasteiger partial charge in [0.15, 0.2) is 5.84 Å². The lowest BCUT2D eigenvalue weighted by Crippen LogP contribution is -2.46. The van der Waals surface area contributed by atoms with E-state index in [1.54, 1.807) is 23.1 Å². The lowest BCUT2D eigenvalue weighted by molar-refractivity contribution is -0.123. The zero-order valence-corrected chi connectivity index (χ0v) is 18.4. The maximum absolute atomic E-state index is 13.3. The SMILES string of the molecule is CC(C)c1cccc(N(C)C(=O)C2CCCN(C3=NS(=O)(=O)c4ccccc43)C2)c1. The van der Waals surface area contributed by atoms with Crippen molar-refractivity contribution in [1.29, 1.82) is 0 Å². The number of carbonyl (C=O) groups is 1. The molecule has 0 aromatic heterocycles. The number of hydrogen-bond acceptors (Lipinski definition) is 4. The quantitative estimate of drug-likeness (QED) is 0.753. The van der Waals surface area contributed by atoms with Crippen LogP contribution in [0.15, 0.2) is 57.8 Å². The number of sulfonamides is 1. The first kappa shape index (κ1) is 20.6. The third-order valence-electron chi connectivity index (χ3n) is 5.94. The van der Waals surface area contributed by atoms with Crippen LogP contribution in [0.5, 0.6) is 0 Å². The van der Waals surface area contributed by atoms with Gasteiger partial charge in [-0.05, 0) is 48.6 Å². The fraction of sp³-hybridized carbons (Fsp3) is 0.391. The number of likely N-dealkylation sites (tertiary alicyclic amines) is 1. The first-order valence-corrected chi connectivity index (χ1v) is 11.8. The summed E-state index contributed by atoms with van der Waals surface area (Å²) in [5.74, 6) is 0.702. The molecule has 0 bridgehead atoms. The lowest BCUT2D eigenvalue weighted by atomic mass is 9.95. The van der Waals surface area contributed by atoms with E-state index in [0.29, 0.717) is 30.4 Å². The number of rotatable bonds is 3. The van der Waals surface area contributed by atoms with Crippen LogP contribution < -0.4 is 4.90 Å². The zero-order valence-electron chi connectivity index (χ0n) is 17.6. The van der Waals surface area contributed by atoms with E-state index in [9.17, 15) is 13.2 Å². The van der Waals surface area contributed by atoms with Crippen LogP contribution >= 0.6 is 0 Å². The molecule has 0 saturated carbocycles. The minimum Gasteiger partial charge on any atom is -0.355 e. The Morgan fingerprint density at radius 1 is 1.17 bits per heavy atom. The van der Waals surface area contributed by atoms with Crippen LogP contribution in [0, 0.1) is 5.92 Å². The summed E-state index contributed by atoms with van der Waals surface area (Å²) in [6.45, 7) is 5.43. The molecule has 2 heterocycles. The van der Waals surface area contributed by atoms with Gasteiger partial charge in [-0.1, -0.05) is 38.1 Å². The Labute approximate surface area is 178 Å². The van der Waals surface area contributed by atoms with Gasteiger partial charge >= 0.3 is 0 Å². The van der Waals surface area contributed by atoms with Crippen molar-refractivity contribution in [1.82, 2.24) is 4.90 Å². The number of carbonyl (C=O) groups excluding carboxylic acids is 1. The molecule has 2 aliphatic rings. The summed E-state index contributed by atoms with van der Waals surface area (Å²) in [4.78, 5) is 17.2. The van der Waals surface area contributed by atoms with Gasteiger partial charge in [-0.25, -0.2) is 0 Å². The van der Waals surface area contributed by atoms with Gasteiger partial charge < -0.3 is 9.80 Å². The Hall–Kier alpha value is -2.67. The molecule has 0 radical (unpaired) electrons. The van der Waals surface area contributed by atoms with Gasteiger partial charge in [0, 0.05) is 31.4 Å². The first-order valence-electron chi connectivity index (χ1n) is 10.3. The fourth-order valence-corrected chi connectivity index (χ4v) is 5.41. The second-order valence-corrected chi connectivity index (χ2v) is 9.89. The predicted molar refractivity (Wildman–Crippen MR) is 118 cm³/mol. The fourth-order valence-electron chi connectivity index (χ4n) is 4.18. The van der Waals surface area contributed by atoms with Gasteiger partial charge in [-0.2, -0.15) is 8.42 Å². The minimum absolute atomic E-state index is 0.0512. The molecular formula is C23H27N3O3S. The maximum Gasteiger partial charge on any atom is 0.285 e. The van der Waals surface area contributed by atoms with E-state index in [2.05, 4.69) is 30.4 Å². The van der Waals surface area contributed by atoms with Gasteiger partial charge in [0.2, 0.25) is 5.91 Å². The Kier molecular flexibility index (Phi) is 5.40. The van der Waals surface area contributed by atoms with Gasteiger partial charge in [0.05, 0.1) is 5.92 Å². The lowest BCUT2D eigenvalue weighted by Gasteiger charge is -2.35. The van der Waals surface area contributed by atoms with Crippen LogP contribution in [-0.2, 0) is 14.8 Å². The highest BCUT2D eigenvalue weighted by molar-refractivity contribution is 7.90. The third-order valence-corrected chi connectivity index (χ3v) is 7.26. The zero-order chi connectivity index (χ0) is 21.5. The highest BCUT2D eigenvalue weighted by Gasteiger charge is 2.36. The van der Waals surface area contributed by atoms with E-state index in [4.69, 9.17) is 0 Å². The van der Waals surface area contributed by atoms with E-state index in [0.717, 1.165) is 18.5 Å². The molecule has 0 spiro atoms. The molecule has 30 heavy (non-hydrogen) atoms. The highest BCUT2D eigenvalue weighted by atomic mass is 32.2. The van der Waals surface area contributed by atoms with Crippen LogP contribution in [0.25, 0.3) is 0 Å². The molecule has 158 valence electrons. The highest BCUT2D eigenvalue weighted by Crippen LogP contribution is 2.31. The normalized spacial score (nSPS) is 20.1. The van der Waals surface area contributed by atoms with Crippen molar-refractivity contribution >= 4 is 27.5 Å². The topological polar surface area (TPSA) is 70.1 Å². The van der Waals surface area contributed by atoms with Crippen molar-refractivity contribution in [3.05, 3.63) is 59.7 Å².